The molecular formula is C45H56O5P2S. The molecule has 0 saturated carbocycles. The van der Waals surface area contributed by atoms with E-state index in [1.807, 2.05) is 18.8 Å². The molecule has 0 spiro atoms. The van der Waals surface area contributed by atoms with Crippen LogP contribution in [0.3, 0.4) is 0 Å². The molecule has 0 fully saturated rings. The Labute approximate surface area is 325 Å². The summed E-state index contributed by atoms with van der Waals surface area (Å²) < 4.78 is 33.5. The molecule has 0 N–H and O–H groups in total. The van der Waals surface area contributed by atoms with E-state index in [2.05, 4.69) is 149 Å². The summed E-state index contributed by atoms with van der Waals surface area (Å²) in [6, 6.07) is 25.3. The molecule has 5 rings (SSSR count). The normalized spacial score (nSPS) is 15.6. The van der Waals surface area contributed by atoms with Crippen molar-refractivity contribution in [3.8, 4) is 23.0 Å². The van der Waals surface area contributed by atoms with Crippen molar-refractivity contribution in [1.82, 2.24) is 0 Å². The van der Waals surface area contributed by atoms with Gasteiger partial charge in [0.15, 0.2) is 0 Å². The Bertz CT molecular complexity index is 1950. The molecule has 0 radical (unpaired) electrons. The molecule has 0 heterocycles. The van der Waals surface area contributed by atoms with Crippen LogP contribution in [0.2, 0.25) is 0 Å². The SMILES string of the molecule is Cc1ccc(C(C)C)c(OP(C)Oc2ccc(C)cc2Sc2cc(C)ccc2OP(OC2=CC(C)CC=C2C(C)C)Oc2cc(C)ccc2C(C)C)c1. The van der Waals surface area contributed by atoms with Crippen LogP contribution in [0.15, 0.2) is 106 Å². The molecule has 5 nitrogen and oxygen atoms in total. The van der Waals surface area contributed by atoms with E-state index in [-0.39, 0.29) is 5.92 Å². The Hall–Kier alpha value is -3.43. The Morgan fingerprint density at radius 3 is 1.55 bits per heavy atom. The van der Waals surface area contributed by atoms with Crippen molar-refractivity contribution in [2.75, 3.05) is 6.66 Å². The van der Waals surface area contributed by atoms with Gasteiger partial charge in [0.05, 0.1) is 9.79 Å². The Morgan fingerprint density at radius 2 is 1.02 bits per heavy atom. The summed E-state index contributed by atoms with van der Waals surface area (Å²) in [5.41, 5.74) is 8.01. The van der Waals surface area contributed by atoms with E-state index in [1.54, 1.807) is 11.8 Å². The van der Waals surface area contributed by atoms with E-state index in [0.717, 1.165) is 67.0 Å². The number of hydrogen-bond acceptors (Lipinski definition) is 6. The second kappa shape index (κ2) is 18.3. The van der Waals surface area contributed by atoms with Gasteiger partial charge in [0.1, 0.15) is 28.8 Å². The molecule has 0 saturated heterocycles. The smallest absolute Gasteiger partial charge is 0.438 e. The first-order valence-corrected chi connectivity index (χ1v) is 22.2. The molecule has 8 heteroatoms. The van der Waals surface area contributed by atoms with Gasteiger partial charge in [-0.1, -0.05) is 103 Å². The zero-order valence-electron chi connectivity index (χ0n) is 33.4. The summed E-state index contributed by atoms with van der Waals surface area (Å²) in [4.78, 5) is 1.92. The molecule has 0 bridgehead atoms. The van der Waals surface area contributed by atoms with Crippen molar-refractivity contribution in [1.29, 1.82) is 0 Å². The Morgan fingerprint density at radius 1 is 0.566 bits per heavy atom. The second-order valence-electron chi connectivity index (χ2n) is 15.1. The molecule has 4 aromatic carbocycles. The third-order valence-corrected chi connectivity index (χ3v) is 12.0. The lowest BCUT2D eigenvalue weighted by Crippen LogP contribution is -2.10. The van der Waals surface area contributed by atoms with Gasteiger partial charge in [-0.3, -0.25) is 0 Å². The number of rotatable bonds is 15. The van der Waals surface area contributed by atoms with E-state index in [1.165, 1.54) is 11.1 Å². The summed E-state index contributed by atoms with van der Waals surface area (Å²) in [6.07, 6.45) is 5.50. The van der Waals surface area contributed by atoms with Crippen molar-refractivity contribution in [2.45, 2.75) is 104 Å². The van der Waals surface area contributed by atoms with Crippen LogP contribution in [-0.2, 0) is 4.52 Å². The van der Waals surface area contributed by atoms with Crippen molar-refractivity contribution < 1.29 is 22.6 Å². The lowest BCUT2D eigenvalue weighted by Gasteiger charge is -2.27. The number of aryl methyl sites for hydroxylation is 4. The zero-order valence-corrected chi connectivity index (χ0v) is 36.0. The van der Waals surface area contributed by atoms with Crippen LogP contribution in [-0.4, -0.2) is 6.66 Å². The minimum atomic E-state index is -1.90. The minimum absolute atomic E-state index is 0.267. The quantitative estimate of drug-likeness (QED) is 0.112. The largest absolute Gasteiger partial charge is 0.530 e. The summed E-state index contributed by atoms with van der Waals surface area (Å²) in [7, 11) is -3.17. The molecule has 4 aromatic rings. The van der Waals surface area contributed by atoms with Gasteiger partial charge in [0, 0.05) is 6.66 Å². The molecular weight excluding hydrogens is 715 g/mol. The van der Waals surface area contributed by atoms with Gasteiger partial charge in [0.2, 0.25) is 0 Å². The molecule has 0 aromatic heterocycles. The first-order valence-electron chi connectivity index (χ1n) is 18.6. The van der Waals surface area contributed by atoms with E-state index < -0.39 is 17.0 Å². The van der Waals surface area contributed by atoms with Gasteiger partial charge < -0.3 is 22.6 Å². The average molecular weight is 771 g/mol. The van der Waals surface area contributed by atoms with Crippen LogP contribution in [0.25, 0.3) is 0 Å². The fraction of sp³-hybridized carbons (Fsp3) is 0.378. The third-order valence-electron chi connectivity index (χ3n) is 9.02. The van der Waals surface area contributed by atoms with Crippen LogP contribution in [0.4, 0.5) is 0 Å². The van der Waals surface area contributed by atoms with Gasteiger partial charge in [-0.25, -0.2) is 0 Å². The average Bonchev–Trinajstić information content (AvgIpc) is 3.07. The van der Waals surface area contributed by atoms with E-state index in [4.69, 9.17) is 22.6 Å². The van der Waals surface area contributed by atoms with Crippen LogP contribution in [0.1, 0.15) is 100 Å². The van der Waals surface area contributed by atoms with E-state index in [0.29, 0.717) is 23.5 Å². The Balaban J connectivity index is 1.47. The predicted molar refractivity (Wildman–Crippen MR) is 225 cm³/mol. The number of hydrogen-bond donors (Lipinski definition) is 0. The van der Waals surface area contributed by atoms with Gasteiger partial charge in [-0.2, -0.15) is 0 Å². The number of allylic oxidation sites excluding steroid dienone is 3. The summed E-state index contributed by atoms with van der Waals surface area (Å²) >= 11 is 1.62. The van der Waals surface area contributed by atoms with Crippen LogP contribution in [0.5, 0.6) is 23.0 Å². The van der Waals surface area contributed by atoms with Gasteiger partial charge in [0.25, 0.3) is 8.38 Å². The second-order valence-corrected chi connectivity index (χ2v) is 18.4. The van der Waals surface area contributed by atoms with Crippen molar-refractivity contribution in [3.05, 3.63) is 130 Å². The summed E-state index contributed by atoms with van der Waals surface area (Å²) in [5.74, 6) is 5.22. The number of benzene rings is 4. The maximum absolute atomic E-state index is 6.86. The monoisotopic (exact) mass is 770 g/mol. The third kappa shape index (κ3) is 11.1. The first-order chi connectivity index (χ1) is 25.2. The van der Waals surface area contributed by atoms with E-state index >= 15 is 0 Å². The maximum Gasteiger partial charge on any atom is 0.530 e. The molecule has 0 aliphatic heterocycles. The highest BCUT2D eigenvalue weighted by Gasteiger charge is 2.29. The zero-order chi connectivity index (χ0) is 38.4. The van der Waals surface area contributed by atoms with Crippen LogP contribution < -0.4 is 18.1 Å². The first kappa shape index (κ1) is 40.7. The Kier molecular flexibility index (Phi) is 14.0. The van der Waals surface area contributed by atoms with Gasteiger partial charge in [-0.15, -0.1) is 0 Å². The fourth-order valence-corrected chi connectivity index (χ4v) is 9.34. The highest BCUT2D eigenvalue weighted by atomic mass is 32.2. The molecule has 3 atom stereocenters. The van der Waals surface area contributed by atoms with Gasteiger partial charge >= 0.3 is 8.60 Å². The topological polar surface area (TPSA) is 46.2 Å². The molecule has 1 aliphatic carbocycles. The van der Waals surface area contributed by atoms with Crippen molar-refractivity contribution >= 4 is 28.7 Å². The summed E-state index contributed by atoms with van der Waals surface area (Å²) in [6.45, 7) is 25.7. The van der Waals surface area contributed by atoms with Gasteiger partial charge in [-0.05, 0) is 139 Å². The lowest BCUT2D eigenvalue weighted by molar-refractivity contribution is 0.323. The molecule has 1 aliphatic rings. The van der Waals surface area contributed by atoms with Crippen molar-refractivity contribution in [2.24, 2.45) is 11.8 Å². The minimum Gasteiger partial charge on any atom is -0.438 e. The maximum atomic E-state index is 6.86. The van der Waals surface area contributed by atoms with Crippen LogP contribution in [0, 0.1) is 39.5 Å². The van der Waals surface area contributed by atoms with Crippen LogP contribution >= 0.6 is 28.7 Å². The fourth-order valence-electron chi connectivity index (χ4n) is 6.09. The molecule has 282 valence electrons. The van der Waals surface area contributed by atoms with E-state index in [9.17, 15) is 0 Å². The molecule has 0 amide bonds. The molecule has 3 unspecified atom stereocenters. The lowest BCUT2D eigenvalue weighted by atomic mass is 9.91. The van der Waals surface area contributed by atoms with Crippen molar-refractivity contribution in [3.63, 3.8) is 0 Å². The molecule has 53 heavy (non-hydrogen) atoms. The summed E-state index contributed by atoms with van der Waals surface area (Å²) in [5, 5.41) is 0. The predicted octanol–water partition coefficient (Wildman–Crippen LogP) is 14.9. The standard InChI is InChI=1S/C45H56O5P2S/c1-28(2)36-18-13-31(7)23-41(36)47-51(12)46-39-21-16-34(10)26-44(39)53-45-27-35(11)17-22-40(45)48-52(49-42-24-32(8)14-19-37(42)29(3)4)50-43-25-33(9)15-20-38(43)30(5)6/h13-14,16-30,33H,15H2,1-12H3. The highest BCUT2D eigenvalue weighted by Crippen LogP contribution is 2.52. The highest BCUT2D eigenvalue weighted by molar-refractivity contribution is 7.99.